The lowest BCUT2D eigenvalue weighted by Crippen LogP contribution is -2.72. The molecule has 1 spiro atoms. The number of aliphatic carboxylic acids is 1. The molecule has 8 unspecified atom stereocenters. The zero-order chi connectivity index (χ0) is 40.3. The van der Waals surface area contributed by atoms with E-state index < -0.39 is 66.1 Å². The predicted octanol–water partition coefficient (Wildman–Crippen LogP) is 4.35. The Morgan fingerprint density at radius 1 is 0.930 bits per heavy atom. The van der Waals surface area contributed by atoms with Crippen molar-refractivity contribution in [3.8, 4) is 23.0 Å². The number of ketones is 2. The lowest BCUT2D eigenvalue weighted by Gasteiger charge is -2.58. The smallest absolute Gasteiger partial charge is 0.336 e. The van der Waals surface area contributed by atoms with Crippen molar-refractivity contribution in [2.45, 2.75) is 61.6 Å². The number of allylic oxidation sites excluding steroid dienone is 2. The van der Waals surface area contributed by atoms with Crippen molar-refractivity contribution in [3.63, 3.8) is 0 Å². The minimum absolute atomic E-state index is 0.118. The molecule has 3 aromatic carbocycles. The Kier molecular flexibility index (Phi) is 11.7. The summed E-state index contributed by atoms with van der Waals surface area (Å²) in [7, 11) is 0. The first-order chi connectivity index (χ1) is 27.4. The maximum atomic E-state index is 14.8. The van der Waals surface area contributed by atoms with Gasteiger partial charge < -0.3 is 50.2 Å². The van der Waals surface area contributed by atoms with Gasteiger partial charge in [0.25, 0.3) is 0 Å². The number of benzene rings is 3. The third kappa shape index (κ3) is 8.25. The highest BCUT2D eigenvalue weighted by Crippen LogP contribution is 2.55. The third-order valence-corrected chi connectivity index (χ3v) is 11.5. The van der Waals surface area contributed by atoms with E-state index in [1.54, 1.807) is 30.4 Å². The Labute approximate surface area is 329 Å². The molecule has 8 atom stereocenters. The van der Waals surface area contributed by atoms with Gasteiger partial charge in [-0.25, -0.2) is 4.79 Å². The molecule has 3 fully saturated rings. The molecule has 0 radical (unpaired) electrons. The highest BCUT2D eigenvalue weighted by atomic mass is 16.6. The van der Waals surface area contributed by atoms with Crippen LogP contribution < -0.4 is 10.5 Å². The van der Waals surface area contributed by atoms with Crippen LogP contribution in [0.25, 0.3) is 12.2 Å². The van der Waals surface area contributed by atoms with E-state index in [9.17, 15) is 39.9 Å². The standard InChI is InChI=1S/C44H47NO12/c45-16-17-54-37-15-10-27(19-35(37)49)8-13-32(46)25-56-44(42(52)53)23-36(50)39-40-38(44)31-12-11-30(18-28-9-14-33(47)34(48)20-28)41(51)43(22-31,57-40)21-29(24-55-39)7-6-26-4-2-1-3-5-26/h1-5,8-15,18-20,29,31,36,38-40,47-50H,6-7,16-17,21-25,45H2,(H,52,53). The molecule has 2 aliphatic carbocycles. The Morgan fingerprint density at radius 2 is 1.70 bits per heavy atom. The number of aromatic hydroxyl groups is 3. The highest BCUT2D eigenvalue weighted by molar-refractivity contribution is 6.08. The number of aryl methyl sites for hydroxylation is 1. The van der Waals surface area contributed by atoms with Crippen molar-refractivity contribution >= 4 is 29.7 Å². The molecule has 3 bridgehead atoms. The third-order valence-electron chi connectivity index (χ3n) is 11.5. The number of carboxylic acid groups (broad SMARTS) is 1. The highest BCUT2D eigenvalue weighted by Gasteiger charge is 2.67. The number of Topliss-reactive ketones (excluding diaryl/α,β-unsaturated/α-hetero) is 1. The minimum Gasteiger partial charge on any atom is -0.504 e. The number of phenolic OH excluding ortho intramolecular Hbond substituents is 3. The molecule has 0 aromatic heterocycles. The number of carbonyl (C=O) groups excluding carboxylic acids is 2. The first kappa shape index (κ1) is 39.9. The Morgan fingerprint density at radius 3 is 2.44 bits per heavy atom. The fourth-order valence-corrected chi connectivity index (χ4v) is 8.84. The lowest BCUT2D eigenvalue weighted by molar-refractivity contribution is -0.296. The largest absolute Gasteiger partial charge is 0.504 e. The van der Waals surface area contributed by atoms with Gasteiger partial charge in [-0.1, -0.05) is 60.7 Å². The average Bonchev–Trinajstić information content (AvgIpc) is 3.28. The normalized spacial score (nSPS) is 30.1. The number of carboxylic acids is 1. The second kappa shape index (κ2) is 16.7. The summed E-state index contributed by atoms with van der Waals surface area (Å²) >= 11 is 0. The summed E-state index contributed by atoms with van der Waals surface area (Å²) in [5.41, 5.74) is 4.23. The van der Waals surface area contributed by atoms with Gasteiger partial charge >= 0.3 is 5.97 Å². The zero-order valence-corrected chi connectivity index (χ0v) is 31.2. The molecule has 13 heteroatoms. The predicted molar refractivity (Wildman–Crippen MR) is 207 cm³/mol. The molecule has 2 saturated heterocycles. The number of aliphatic hydroxyl groups is 1. The molecule has 0 amide bonds. The molecule has 2 aliphatic heterocycles. The van der Waals surface area contributed by atoms with Gasteiger partial charge in [0, 0.05) is 24.5 Å². The summed E-state index contributed by atoms with van der Waals surface area (Å²) in [6.45, 7) is 0.0257. The summed E-state index contributed by atoms with van der Waals surface area (Å²) in [4.78, 5) is 41.5. The molecular weight excluding hydrogens is 734 g/mol. The molecule has 7 rings (SSSR count). The van der Waals surface area contributed by atoms with Crippen molar-refractivity contribution in [1.29, 1.82) is 0 Å². The zero-order valence-electron chi connectivity index (χ0n) is 31.2. The van der Waals surface area contributed by atoms with Gasteiger partial charge in [-0.05, 0) is 90.6 Å². The summed E-state index contributed by atoms with van der Waals surface area (Å²) in [6, 6.07) is 18.7. The second-order valence-electron chi connectivity index (χ2n) is 15.3. The first-order valence-electron chi connectivity index (χ1n) is 19.1. The maximum Gasteiger partial charge on any atom is 0.336 e. The SMILES string of the molecule is NCCOc1ccc(C=CC(=O)COC2(C(=O)O)CC(O)C3OCC(CCc4ccccc4)CC45CC(C=CC(=Cc6ccc(O)c(O)c6)C4=O)C2C3O5)cc1O. The van der Waals surface area contributed by atoms with Crippen LogP contribution in [-0.4, -0.2) is 98.9 Å². The van der Waals surface area contributed by atoms with E-state index in [0.29, 0.717) is 24.0 Å². The van der Waals surface area contributed by atoms with E-state index in [2.05, 4.69) is 0 Å². The Bertz CT molecular complexity index is 2080. The van der Waals surface area contributed by atoms with Crippen molar-refractivity contribution in [2.24, 2.45) is 23.5 Å². The van der Waals surface area contributed by atoms with E-state index in [-0.39, 0.29) is 72.9 Å². The van der Waals surface area contributed by atoms with Crippen molar-refractivity contribution < 1.29 is 58.9 Å². The van der Waals surface area contributed by atoms with Crippen molar-refractivity contribution in [2.75, 3.05) is 26.4 Å². The van der Waals surface area contributed by atoms with Crippen LogP contribution in [0.1, 0.15) is 42.4 Å². The van der Waals surface area contributed by atoms with E-state index in [0.717, 1.165) is 5.56 Å². The van der Waals surface area contributed by atoms with Gasteiger partial charge in [0.2, 0.25) is 0 Å². The van der Waals surface area contributed by atoms with E-state index in [4.69, 9.17) is 24.7 Å². The first-order valence-corrected chi connectivity index (χ1v) is 19.1. The van der Waals surface area contributed by atoms with Crippen LogP contribution in [0.4, 0.5) is 0 Å². The van der Waals surface area contributed by atoms with Crippen LogP contribution in [0.3, 0.4) is 0 Å². The van der Waals surface area contributed by atoms with Crippen LogP contribution in [0.5, 0.6) is 23.0 Å². The van der Waals surface area contributed by atoms with Crippen molar-refractivity contribution in [3.05, 3.63) is 107 Å². The Balaban J connectivity index is 1.21. The molecule has 1 saturated carbocycles. The van der Waals surface area contributed by atoms with E-state index >= 15 is 0 Å². The molecule has 7 N–H and O–H groups in total. The fourth-order valence-electron chi connectivity index (χ4n) is 8.84. The number of fused-ring (bicyclic) bond motifs is 2. The van der Waals surface area contributed by atoms with Crippen LogP contribution in [-0.2, 0) is 35.0 Å². The van der Waals surface area contributed by atoms with Gasteiger partial charge in [0.15, 0.2) is 40.2 Å². The molecule has 13 nitrogen and oxygen atoms in total. The quantitative estimate of drug-likeness (QED) is 0.105. The van der Waals surface area contributed by atoms with Crippen molar-refractivity contribution in [1.82, 2.24) is 0 Å². The van der Waals surface area contributed by atoms with Gasteiger partial charge in [-0.2, -0.15) is 0 Å². The number of rotatable bonds is 13. The topological polar surface area (TPSA) is 215 Å². The van der Waals surface area contributed by atoms with Crippen LogP contribution in [0.2, 0.25) is 0 Å². The number of ether oxygens (including phenoxy) is 4. The summed E-state index contributed by atoms with van der Waals surface area (Å²) in [5.74, 6) is -4.62. The summed E-state index contributed by atoms with van der Waals surface area (Å²) < 4.78 is 24.8. The van der Waals surface area contributed by atoms with Gasteiger partial charge in [-0.3, -0.25) is 9.59 Å². The van der Waals surface area contributed by atoms with E-state index in [1.807, 2.05) is 30.3 Å². The van der Waals surface area contributed by atoms with Gasteiger partial charge in [0.05, 0.1) is 18.8 Å². The number of phenols is 3. The lowest BCUT2D eigenvalue weighted by atomic mass is 9.60. The summed E-state index contributed by atoms with van der Waals surface area (Å²) in [5, 5.41) is 53.1. The second-order valence-corrected chi connectivity index (χ2v) is 15.3. The minimum atomic E-state index is -2.11. The molecule has 300 valence electrons. The Hall–Kier alpha value is -5.31. The summed E-state index contributed by atoms with van der Waals surface area (Å²) in [6.07, 6.45) is 5.54. The molecule has 2 heterocycles. The number of aliphatic hydroxyl groups excluding tert-OH is 1. The number of carbonyl (C=O) groups is 3. The molecule has 3 aromatic rings. The molecular formula is C44H47NO12. The molecule has 57 heavy (non-hydrogen) atoms. The van der Waals surface area contributed by atoms with Gasteiger partial charge in [-0.15, -0.1) is 0 Å². The monoisotopic (exact) mass is 781 g/mol. The number of nitrogens with two attached hydrogens (primary N) is 1. The molecule has 4 aliphatic rings. The maximum absolute atomic E-state index is 14.8. The van der Waals surface area contributed by atoms with Crippen LogP contribution in [0.15, 0.2) is 90.5 Å². The average molecular weight is 782 g/mol. The van der Waals surface area contributed by atoms with Crippen LogP contribution >= 0.6 is 0 Å². The van der Waals surface area contributed by atoms with E-state index in [1.165, 1.54) is 36.4 Å². The number of hydrogen-bond acceptors (Lipinski definition) is 12. The van der Waals surface area contributed by atoms with Gasteiger partial charge in [0.1, 0.15) is 24.9 Å². The number of hydrogen-bond donors (Lipinski definition) is 6. The van der Waals surface area contributed by atoms with Crippen LogP contribution in [0, 0.1) is 17.8 Å². The fraction of sp³-hybridized carbons (Fsp3) is 0.386.